The van der Waals surface area contributed by atoms with Crippen molar-refractivity contribution in [1.82, 2.24) is 9.78 Å². The molecule has 1 aliphatic heterocycles. The lowest BCUT2D eigenvalue weighted by molar-refractivity contribution is -0.0616. The average molecular weight is 259 g/mol. The second-order valence-corrected chi connectivity index (χ2v) is 5.02. The number of hydrogen-bond donors (Lipinski definition) is 1. The van der Waals surface area contributed by atoms with Crippen LogP contribution in [0.3, 0.4) is 0 Å². The summed E-state index contributed by atoms with van der Waals surface area (Å²) in [5.41, 5.74) is 1.69. The molecule has 1 aliphatic rings. The highest BCUT2D eigenvalue weighted by Crippen LogP contribution is 2.24. The molecular formula is C12H19ClN2O2. The summed E-state index contributed by atoms with van der Waals surface area (Å²) in [6, 6.07) is 0. The first kappa shape index (κ1) is 12.9. The van der Waals surface area contributed by atoms with Gasteiger partial charge in [-0.1, -0.05) is 11.6 Å². The molecule has 5 heteroatoms. The minimum absolute atomic E-state index is 0.0602. The summed E-state index contributed by atoms with van der Waals surface area (Å²) in [5.74, 6) is 0. The zero-order valence-corrected chi connectivity index (χ0v) is 11.1. The molecule has 1 aromatic heterocycles. The number of aliphatic hydroxyl groups is 1. The first-order chi connectivity index (χ1) is 8.09. The molecule has 0 bridgehead atoms. The molecule has 0 aromatic carbocycles. The number of ether oxygens (including phenoxy) is 1. The van der Waals surface area contributed by atoms with Crippen LogP contribution in [0.5, 0.6) is 0 Å². The minimum atomic E-state index is -0.498. The average Bonchev–Trinajstić information content (AvgIpc) is 2.57. The van der Waals surface area contributed by atoms with Crippen LogP contribution in [-0.2, 0) is 18.2 Å². The van der Waals surface area contributed by atoms with Crippen molar-refractivity contribution in [2.24, 2.45) is 7.05 Å². The van der Waals surface area contributed by atoms with Crippen molar-refractivity contribution in [3.05, 3.63) is 16.4 Å². The number of aryl methyl sites for hydroxylation is 2. The number of hydrogen-bond acceptors (Lipinski definition) is 3. The van der Waals surface area contributed by atoms with Crippen molar-refractivity contribution < 1.29 is 9.84 Å². The Hall–Kier alpha value is -0.580. The lowest BCUT2D eigenvalue weighted by atomic mass is 10.0. The van der Waals surface area contributed by atoms with Gasteiger partial charge >= 0.3 is 0 Å². The fourth-order valence-corrected chi connectivity index (χ4v) is 2.54. The van der Waals surface area contributed by atoms with E-state index in [1.165, 1.54) is 0 Å². The van der Waals surface area contributed by atoms with Gasteiger partial charge in [-0.15, -0.1) is 0 Å². The highest BCUT2D eigenvalue weighted by Gasteiger charge is 2.25. The molecule has 1 saturated heterocycles. The van der Waals surface area contributed by atoms with E-state index in [0.717, 1.165) is 37.3 Å². The summed E-state index contributed by atoms with van der Waals surface area (Å²) < 4.78 is 7.32. The van der Waals surface area contributed by atoms with Crippen LogP contribution in [0.4, 0.5) is 0 Å². The zero-order valence-electron chi connectivity index (χ0n) is 10.3. The SMILES string of the molecule is Cc1nn(C)c(CC(O)C2CCCCO2)c1Cl. The molecule has 2 atom stereocenters. The Kier molecular flexibility index (Phi) is 4.07. The van der Waals surface area contributed by atoms with Gasteiger partial charge < -0.3 is 9.84 Å². The van der Waals surface area contributed by atoms with E-state index < -0.39 is 6.10 Å². The van der Waals surface area contributed by atoms with Gasteiger partial charge in [0.25, 0.3) is 0 Å². The third-order valence-corrected chi connectivity index (χ3v) is 3.80. The summed E-state index contributed by atoms with van der Waals surface area (Å²) in [4.78, 5) is 0. The van der Waals surface area contributed by atoms with Crippen LogP contribution in [0.15, 0.2) is 0 Å². The monoisotopic (exact) mass is 258 g/mol. The highest BCUT2D eigenvalue weighted by molar-refractivity contribution is 6.31. The predicted molar refractivity (Wildman–Crippen MR) is 66.3 cm³/mol. The maximum atomic E-state index is 10.2. The summed E-state index contributed by atoms with van der Waals surface area (Å²) in [6.07, 6.45) is 3.09. The Bertz CT molecular complexity index is 386. The van der Waals surface area contributed by atoms with Crippen LogP contribution in [0.25, 0.3) is 0 Å². The van der Waals surface area contributed by atoms with Gasteiger partial charge in [-0.25, -0.2) is 0 Å². The summed E-state index contributed by atoms with van der Waals surface area (Å²) in [7, 11) is 1.85. The fourth-order valence-electron chi connectivity index (χ4n) is 2.30. The molecule has 2 heterocycles. The molecule has 0 amide bonds. The van der Waals surface area contributed by atoms with E-state index in [1.54, 1.807) is 4.68 Å². The molecule has 1 aromatic rings. The van der Waals surface area contributed by atoms with Gasteiger partial charge in [0.1, 0.15) is 0 Å². The van der Waals surface area contributed by atoms with Gasteiger partial charge in [-0.3, -0.25) is 4.68 Å². The molecule has 0 saturated carbocycles. The van der Waals surface area contributed by atoms with Crippen molar-refractivity contribution >= 4 is 11.6 Å². The second-order valence-electron chi connectivity index (χ2n) is 4.65. The second kappa shape index (κ2) is 5.38. The largest absolute Gasteiger partial charge is 0.390 e. The number of nitrogens with zero attached hydrogens (tertiary/aromatic N) is 2. The van der Waals surface area contributed by atoms with Crippen LogP contribution in [-0.4, -0.2) is 33.7 Å². The van der Waals surface area contributed by atoms with E-state index in [1.807, 2.05) is 14.0 Å². The molecule has 0 aliphatic carbocycles. The lowest BCUT2D eigenvalue weighted by Crippen LogP contribution is -2.34. The van der Waals surface area contributed by atoms with E-state index in [9.17, 15) is 5.11 Å². The topological polar surface area (TPSA) is 47.3 Å². The fraction of sp³-hybridized carbons (Fsp3) is 0.750. The molecule has 1 fully saturated rings. The normalized spacial score (nSPS) is 22.7. The third-order valence-electron chi connectivity index (χ3n) is 3.31. The standard InChI is InChI=1S/C12H19ClN2O2/c1-8-12(13)9(15(2)14-8)7-10(16)11-5-3-4-6-17-11/h10-11,16H,3-7H2,1-2H3. The van der Waals surface area contributed by atoms with Crippen LogP contribution in [0, 0.1) is 6.92 Å². The van der Waals surface area contributed by atoms with Gasteiger partial charge in [-0.2, -0.15) is 5.10 Å². The predicted octanol–water partition coefficient (Wildman–Crippen LogP) is 1.85. The third kappa shape index (κ3) is 2.81. The van der Waals surface area contributed by atoms with Crippen molar-refractivity contribution in [2.45, 2.75) is 44.8 Å². The molecule has 2 unspecified atom stereocenters. The quantitative estimate of drug-likeness (QED) is 0.900. The van der Waals surface area contributed by atoms with Crippen LogP contribution >= 0.6 is 11.6 Å². The van der Waals surface area contributed by atoms with E-state index in [0.29, 0.717) is 11.4 Å². The maximum absolute atomic E-state index is 10.2. The maximum Gasteiger partial charge on any atom is 0.0857 e. The van der Waals surface area contributed by atoms with Crippen LogP contribution in [0.1, 0.15) is 30.7 Å². The molecule has 0 radical (unpaired) electrons. The van der Waals surface area contributed by atoms with Gasteiger partial charge in [0, 0.05) is 20.1 Å². The summed E-state index contributed by atoms with van der Waals surface area (Å²) in [5, 5.41) is 15.1. The smallest absolute Gasteiger partial charge is 0.0857 e. The number of aromatic nitrogens is 2. The zero-order chi connectivity index (χ0) is 12.4. The number of rotatable bonds is 3. The van der Waals surface area contributed by atoms with E-state index in [4.69, 9.17) is 16.3 Å². The van der Waals surface area contributed by atoms with Crippen LogP contribution < -0.4 is 0 Å². The van der Waals surface area contributed by atoms with Gasteiger partial charge in [0.2, 0.25) is 0 Å². The molecule has 1 N–H and O–H groups in total. The molecule has 0 spiro atoms. The molecule has 4 nitrogen and oxygen atoms in total. The molecular weight excluding hydrogens is 240 g/mol. The van der Waals surface area contributed by atoms with Gasteiger partial charge in [-0.05, 0) is 26.2 Å². The number of aliphatic hydroxyl groups excluding tert-OH is 1. The molecule has 96 valence electrons. The molecule has 2 rings (SSSR count). The van der Waals surface area contributed by atoms with Crippen LogP contribution in [0.2, 0.25) is 5.02 Å². The Morgan fingerprint density at radius 3 is 2.88 bits per heavy atom. The number of halogens is 1. The first-order valence-electron chi connectivity index (χ1n) is 6.07. The van der Waals surface area contributed by atoms with Gasteiger partial charge in [0.15, 0.2) is 0 Å². The Morgan fingerprint density at radius 1 is 1.59 bits per heavy atom. The highest BCUT2D eigenvalue weighted by atomic mass is 35.5. The first-order valence-corrected chi connectivity index (χ1v) is 6.45. The van der Waals surface area contributed by atoms with E-state index >= 15 is 0 Å². The van der Waals surface area contributed by atoms with E-state index in [2.05, 4.69) is 5.10 Å². The summed E-state index contributed by atoms with van der Waals surface area (Å²) >= 11 is 6.16. The summed E-state index contributed by atoms with van der Waals surface area (Å²) in [6.45, 7) is 2.62. The minimum Gasteiger partial charge on any atom is -0.390 e. The Labute approximate surface area is 107 Å². The van der Waals surface area contributed by atoms with Gasteiger partial charge in [0.05, 0.1) is 28.6 Å². The van der Waals surface area contributed by atoms with Crippen molar-refractivity contribution in [3.8, 4) is 0 Å². The van der Waals surface area contributed by atoms with Crippen molar-refractivity contribution in [3.63, 3.8) is 0 Å². The Morgan fingerprint density at radius 2 is 2.35 bits per heavy atom. The van der Waals surface area contributed by atoms with Crippen molar-refractivity contribution in [2.75, 3.05) is 6.61 Å². The molecule has 17 heavy (non-hydrogen) atoms. The van der Waals surface area contributed by atoms with Crippen molar-refractivity contribution in [1.29, 1.82) is 0 Å². The Balaban J connectivity index is 2.04. The lowest BCUT2D eigenvalue weighted by Gasteiger charge is -2.27. The van der Waals surface area contributed by atoms with E-state index in [-0.39, 0.29) is 6.10 Å².